The zero-order valence-corrected chi connectivity index (χ0v) is 10.1. The van der Waals surface area contributed by atoms with Crippen LogP contribution in [0.3, 0.4) is 0 Å². The first kappa shape index (κ1) is 11.6. The van der Waals surface area contributed by atoms with E-state index in [9.17, 15) is 0 Å². The molecule has 2 rings (SSSR count). The minimum atomic E-state index is 0.220. The molecule has 0 bridgehead atoms. The molecule has 0 aromatic heterocycles. The fraction of sp³-hybridized carbons (Fsp3) is 0.571. The van der Waals surface area contributed by atoms with E-state index < -0.39 is 0 Å². The Bertz CT molecular complexity index is 312. The van der Waals surface area contributed by atoms with Gasteiger partial charge in [0, 0.05) is 12.1 Å². The maximum atomic E-state index is 5.98. The van der Waals surface area contributed by atoms with Crippen molar-refractivity contribution < 1.29 is 4.74 Å². The lowest BCUT2D eigenvalue weighted by Crippen LogP contribution is -2.48. The number of morpholine rings is 1. The van der Waals surface area contributed by atoms with E-state index in [4.69, 9.17) is 4.74 Å². The van der Waals surface area contributed by atoms with E-state index in [1.165, 1.54) is 18.4 Å². The zero-order chi connectivity index (χ0) is 11.4. The van der Waals surface area contributed by atoms with Crippen LogP contribution in [0.25, 0.3) is 0 Å². The van der Waals surface area contributed by atoms with Crippen molar-refractivity contribution >= 4 is 0 Å². The minimum Gasteiger partial charge on any atom is -0.370 e. The first-order valence-corrected chi connectivity index (χ1v) is 6.24. The van der Waals surface area contributed by atoms with Crippen molar-refractivity contribution in [3.05, 3.63) is 35.9 Å². The quantitative estimate of drug-likeness (QED) is 0.844. The molecular weight excluding hydrogens is 198 g/mol. The van der Waals surface area contributed by atoms with Gasteiger partial charge in [0.05, 0.1) is 12.7 Å². The van der Waals surface area contributed by atoms with Gasteiger partial charge in [0.15, 0.2) is 0 Å². The van der Waals surface area contributed by atoms with Crippen molar-refractivity contribution in [1.82, 2.24) is 5.32 Å². The first-order valence-electron chi connectivity index (χ1n) is 6.24. The molecule has 2 heteroatoms. The Kier molecular flexibility index (Phi) is 3.97. The molecule has 1 aromatic rings. The van der Waals surface area contributed by atoms with Gasteiger partial charge in [-0.2, -0.15) is 0 Å². The molecule has 1 saturated heterocycles. The summed E-state index contributed by atoms with van der Waals surface area (Å²) in [7, 11) is 0. The molecule has 1 aromatic carbocycles. The molecule has 0 radical (unpaired) electrons. The second-order valence-electron chi connectivity index (χ2n) is 4.63. The van der Waals surface area contributed by atoms with Gasteiger partial charge in [-0.3, -0.25) is 0 Å². The predicted octanol–water partition coefficient (Wildman–Crippen LogP) is 2.90. The molecule has 1 aliphatic rings. The number of nitrogens with one attached hydrogen (secondary N) is 1. The fourth-order valence-corrected chi connectivity index (χ4v) is 2.38. The van der Waals surface area contributed by atoms with Gasteiger partial charge in [0.2, 0.25) is 0 Å². The normalized spacial score (nSPS) is 30.2. The summed E-state index contributed by atoms with van der Waals surface area (Å²) in [5.41, 5.74) is 1.29. The van der Waals surface area contributed by atoms with Crippen molar-refractivity contribution in [2.45, 2.75) is 44.9 Å². The number of ether oxygens (including phenoxy) is 1. The summed E-state index contributed by atoms with van der Waals surface area (Å²) >= 11 is 0. The highest BCUT2D eigenvalue weighted by atomic mass is 16.5. The van der Waals surface area contributed by atoms with E-state index in [1.807, 2.05) is 0 Å². The van der Waals surface area contributed by atoms with E-state index in [0.29, 0.717) is 12.1 Å². The first-order chi connectivity index (χ1) is 7.81. The summed E-state index contributed by atoms with van der Waals surface area (Å²) in [5.74, 6) is 0. The monoisotopic (exact) mass is 219 g/mol. The molecule has 88 valence electrons. The highest BCUT2D eigenvalue weighted by Gasteiger charge is 2.29. The third-order valence-corrected chi connectivity index (χ3v) is 3.12. The van der Waals surface area contributed by atoms with Crippen LogP contribution in [-0.2, 0) is 4.74 Å². The lowest BCUT2D eigenvalue weighted by atomic mass is 9.96. The van der Waals surface area contributed by atoms with Crippen LogP contribution in [0.2, 0.25) is 0 Å². The molecule has 0 saturated carbocycles. The van der Waals surface area contributed by atoms with Crippen molar-refractivity contribution in [3.8, 4) is 0 Å². The third-order valence-electron chi connectivity index (χ3n) is 3.12. The molecule has 3 unspecified atom stereocenters. The predicted molar refractivity (Wildman–Crippen MR) is 66.4 cm³/mol. The largest absolute Gasteiger partial charge is 0.370 e. The maximum Gasteiger partial charge on any atom is 0.0978 e. The molecule has 3 atom stereocenters. The van der Waals surface area contributed by atoms with Crippen molar-refractivity contribution in [2.24, 2.45) is 0 Å². The Hall–Kier alpha value is -0.860. The van der Waals surface area contributed by atoms with Crippen LogP contribution in [0.1, 0.15) is 38.4 Å². The average Bonchev–Trinajstić information content (AvgIpc) is 2.31. The average molecular weight is 219 g/mol. The number of benzene rings is 1. The van der Waals surface area contributed by atoms with Crippen LogP contribution in [0.15, 0.2) is 30.3 Å². The highest BCUT2D eigenvalue weighted by Crippen LogP contribution is 2.27. The second-order valence-corrected chi connectivity index (χ2v) is 4.63. The molecule has 0 spiro atoms. The van der Waals surface area contributed by atoms with Crippen LogP contribution in [0.5, 0.6) is 0 Å². The maximum absolute atomic E-state index is 5.98. The Morgan fingerprint density at radius 3 is 2.75 bits per heavy atom. The molecule has 0 amide bonds. The van der Waals surface area contributed by atoms with Crippen LogP contribution in [0.4, 0.5) is 0 Å². The lowest BCUT2D eigenvalue weighted by Gasteiger charge is -2.36. The van der Waals surface area contributed by atoms with Crippen molar-refractivity contribution in [3.63, 3.8) is 0 Å². The number of rotatable bonds is 3. The molecule has 2 nitrogen and oxygen atoms in total. The molecular formula is C14H21NO. The summed E-state index contributed by atoms with van der Waals surface area (Å²) in [6, 6.07) is 11.5. The lowest BCUT2D eigenvalue weighted by molar-refractivity contribution is -0.0280. The van der Waals surface area contributed by atoms with Gasteiger partial charge in [-0.05, 0) is 18.9 Å². The Labute approximate surface area is 98.0 Å². The van der Waals surface area contributed by atoms with Crippen LogP contribution in [0, 0.1) is 0 Å². The van der Waals surface area contributed by atoms with Gasteiger partial charge < -0.3 is 10.1 Å². The van der Waals surface area contributed by atoms with Crippen molar-refractivity contribution in [1.29, 1.82) is 0 Å². The topological polar surface area (TPSA) is 21.3 Å². The fourth-order valence-electron chi connectivity index (χ4n) is 2.38. The van der Waals surface area contributed by atoms with Crippen LogP contribution < -0.4 is 5.32 Å². The summed E-state index contributed by atoms with van der Waals surface area (Å²) < 4.78 is 5.98. The van der Waals surface area contributed by atoms with Crippen molar-refractivity contribution in [2.75, 3.05) is 6.61 Å². The van der Waals surface area contributed by atoms with Crippen LogP contribution >= 0.6 is 0 Å². The molecule has 1 N–H and O–H groups in total. The Morgan fingerprint density at radius 1 is 1.31 bits per heavy atom. The van der Waals surface area contributed by atoms with Gasteiger partial charge >= 0.3 is 0 Å². The number of hydrogen-bond acceptors (Lipinski definition) is 2. The standard InChI is InChI=1S/C14H21NO/c1-3-7-13-14(16-10-11(2)15-13)12-8-5-4-6-9-12/h4-6,8-9,11,13-15H,3,7,10H2,1-2H3. The molecule has 0 aliphatic carbocycles. The summed E-state index contributed by atoms with van der Waals surface area (Å²) in [6.07, 6.45) is 2.58. The zero-order valence-electron chi connectivity index (χ0n) is 10.1. The number of hydrogen-bond donors (Lipinski definition) is 1. The van der Waals surface area contributed by atoms with Gasteiger partial charge in [-0.25, -0.2) is 0 Å². The van der Waals surface area contributed by atoms with E-state index >= 15 is 0 Å². The summed E-state index contributed by atoms with van der Waals surface area (Å²) in [6.45, 7) is 5.21. The Balaban J connectivity index is 2.12. The molecule has 16 heavy (non-hydrogen) atoms. The summed E-state index contributed by atoms with van der Waals surface area (Å²) in [4.78, 5) is 0. The second kappa shape index (κ2) is 5.46. The van der Waals surface area contributed by atoms with Gasteiger partial charge in [0.25, 0.3) is 0 Å². The molecule has 1 fully saturated rings. The minimum absolute atomic E-state index is 0.220. The highest BCUT2D eigenvalue weighted by molar-refractivity contribution is 5.19. The van der Waals surface area contributed by atoms with E-state index in [2.05, 4.69) is 49.5 Å². The molecule has 1 heterocycles. The smallest absolute Gasteiger partial charge is 0.0978 e. The van der Waals surface area contributed by atoms with Gasteiger partial charge in [-0.15, -0.1) is 0 Å². The SMILES string of the molecule is CCCC1NC(C)COC1c1ccccc1. The third kappa shape index (κ3) is 2.63. The molecule has 1 aliphatic heterocycles. The van der Waals surface area contributed by atoms with E-state index in [0.717, 1.165) is 6.61 Å². The summed E-state index contributed by atoms with van der Waals surface area (Å²) in [5, 5.41) is 3.64. The van der Waals surface area contributed by atoms with Gasteiger partial charge in [-0.1, -0.05) is 43.7 Å². The van der Waals surface area contributed by atoms with E-state index in [-0.39, 0.29) is 6.10 Å². The van der Waals surface area contributed by atoms with Gasteiger partial charge in [0.1, 0.15) is 0 Å². The van der Waals surface area contributed by atoms with E-state index in [1.54, 1.807) is 0 Å². The Morgan fingerprint density at radius 2 is 2.06 bits per heavy atom. The van der Waals surface area contributed by atoms with Crippen LogP contribution in [-0.4, -0.2) is 18.7 Å².